The van der Waals surface area contributed by atoms with Crippen LogP contribution in [0.3, 0.4) is 0 Å². The first kappa shape index (κ1) is 12.7. The Kier molecular flexibility index (Phi) is 4.02. The van der Waals surface area contributed by atoms with Gasteiger partial charge in [0.15, 0.2) is 0 Å². The molecule has 0 spiro atoms. The van der Waals surface area contributed by atoms with E-state index >= 15 is 0 Å². The van der Waals surface area contributed by atoms with Gasteiger partial charge in [0.25, 0.3) is 0 Å². The Morgan fingerprint density at radius 3 is 3.00 bits per heavy atom. The minimum absolute atomic E-state index is 0.174. The minimum atomic E-state index is -0.334. The Morgan fingerprint density at radius 1 is 1.56 bits per heavy atom. The van der Waals surface area contributed by atoms with E-state index < -0.39 is 0 Å². The molecule has 0 saturated heterocycles. The lowest BCUT2D eigenvalue weighted by Crippen LogP contribution is -2.41. The van der Waals surface area contributed by atoms with Crippen molar-refractivity contribution >= 4 is 6.03 Å². The standard InChI is InChI=1S/C13H17FN2O2/c1-9(8-15-13(17)16-11-5-6-11)18-12-4-2-3-10(14)7-12/h2-4,7,9,11H,5-6,8H2,1H3,(H2,15,16,17)/t9-/m0/s1. The number of hydrogen-bond donors (Lipinski definition) is 2. The molecule has 0 aliphatic heterocycles. The number of nitrogens with one attached hydrogen (secondary N) is 2. The second-order valence-corrected chi connectivity index (χ2v) is 4.51. The number of carbonyl (C=O) groups excluding carboxylic acids is 1. The van der Waals surface area contributed by atoms with Crippen molar-refractivity contribution in [2.24, 2.45) is 0 Å². The Bertz CT molecular complexity index is 421. The summed E-state index contributed by atoms with van der Waals surface area (Å²) >= 11 is 0. The van der Waals surface area contributed by atoms with Gasteiger partial charge in [-0.1, -0.05) is 6.07 Å². The van der Waals surface area contributed by atoms with Crippen LogP contribution in [0.15, 0.2) is 24.3 Å². The molecule has 1 fully saturated rings. The molecule has 1 atom stereocenters. The topological polar surface area (TPSA) is 50.4 Å². The van der Waals surface area contributed by atoms with Crippen LogP contribution in [0.2, 0.25) is 0 Å². The van der Waals surface area contributed by atoms with Gasteiger partial charge in [-0.05, 0) is 31.9 Å². The smallest absolute Gasteiger partial charge is 0.315 e. The number of halogens is 1. The van der Waals surface area contributed by atoms with Gasteiger partial charge in [-0.15, -0.1) is 0 Å². The Morgan fingerprint density at radius 2 is 2.33 bits per heavy atom. The van der Waals surface area contributed by atoms with Crippen LogP contribution >= 0.6 is 0 Å². The first-order valence-electron chi connectivity index (χ1n) is 6.10. The maximum Gasteiger partial charge on any atom is 0.315 e. The molecule has 0 bridgehead atoms. The van der Waals surface area contributed by atoms with Gasteiger partial charge in [0, 0.05) is 12.1 Å². The number of carbonyl (C=O) groups is 1. The van der Waals surface area contributed by atoms with Crippen molar-refractivity contribution in [3.8, 4) is 5.75 Å². The molecule has 2 N–H and O–H groups in total. The van der Waals surface area contributed by atoms with E-state index in [1.165, 1.54) is 12.1 Å². The number of ether oxygens (including phenoxy) is 1. The van der Waals surface area contributed by atoms with Gasteiger partial charge in [0.05, 0.1) is 6.54 Å². The number of amides is 2. The zero-order valence-corrected chi connectivity index (χ0v) is 10.3. The van der Waals surface area contributed by atoms with Crippen LogP contribution in [0.1, 0.15) is 19.8 Å². The molecule has 18 heavy (non-hydrogen) atoms. The summed E-state index contributed by atoms with van der Waals surface area (Å²) in [5.41, 5.74) is 0. The van der Waals surface area contributed by atoms with Gasteiger partial charge in [0.2, 0.25) is 0 Å². The highest BCUT2D eigenvalue weighted by atomic mass is 19.1. The van der Waals surface area contributed by atoms with Crippen LogP contribution in [-0.2, 0) is 0 Å². The minimum Gasteiger partial charge on any atom is -0.489 e. The number of rotatable bonds is 5. The molecule has 1 aliphatic carbocycles. The second kappa shape index (κ2) is 5.71. The third-order valence-electron chi connectivity index (χ3n) is 2.60. The summed E-state index contributed by atoms with van der Waals surface area (Å²) < 4.78 is 18.4. The Hall–Kier alpha value is -1.78. The summed E-state index contributed by atoms with van der Waals surface area (Å²) in [5.74, 6) is 0.131. The molecule has 1 saturated carbocycles. The number of benzene rings is 1. The summed E-state index contributed by atoms with van der Waals surface area (Å²) in [4.78, 5) is 11.4. The molecule has 0 unspecified atom stereocenters. The molecule has 98 valence electrons. The SMILES string of the molecule is C[C@@H](CNC(=O)NC1CC1)Oc1cccc(F)c1. The molecule has 4 nitrogen and oxygen atoms in total. The fourth-order valence-electron chi connectivity index (χ4n) is 1.51. The third-order valence-corrected chi connectivity index (χ3v) is 2.60. The van der Waals surface area contributed by atoms with Gasteiger partial charge in [-0.25, -0.2) is 9.18 Å². The quantitative estimate of drug-likeness (QED) is 0.842. The molecular weight excluding hydrogens is 235 g/mol. The maximum atomic E-state index is 12.9. The average molecular weight is 252 g/mol. The van der Waals surface area contributed by atoms with Gasteiger partial charge in [0.1, 0.15) is 17.7 Å². The molecule has 2 rings (SSSR count). The van der Waals surface area contributed by atoms with Crippen LogP contribution < -0.4 is 15.4 Å². The van der Waals surface area contributed by atoms with Crippen LogP contribution in [0.4, 0.5) is 9.18 Å². The fourth-order valence-corrected chi connectivity index (χ4v) is 1.51. The van der Waals surface area contributed by atoms with Crippen molar-refractivity contribution in [2.45, 2.75) is 31.9 Å². The molecule has 0 aromatic heterocycles. The van der Waals surface area contributed by atoms with Crippen molar-refractivity contribution in [1.82, 2.24) is 10.6 Å². The second-order valence-electron chi connectivity index (χ2n) is 4.51. The van der Waals surface area contributed by atoms with Crippen molar-refractivity contribution in [3.63, 3.8) is 0 Å². The van der Waals surface area contributed by atoms with E-state index in [1.807, 2.05) is 6.92 Å². The van der Waals surface area contributed by atoms with E-state index in [-0.39, 0.29) is 18.0 Å². The number of hydrogen-bond acceptors (Lipinski definition) is 2. The molecule has 1 aromatic carbocycles. The summed E-state index contributed by atoms with van der Waals surface area (Å²) in [6.45, 7) is 2.21. The Balaban J connectivity index is 1.70. The van der Waals surface area contributed by atoms with E-state index in [9.17, 15) is 9.18 Å². The summed E-state index contributed by atoms with van der Waals surface area (Å²) in [7, 11) is 0. The predicted octanol–water partition coefficient (Wildman–Crippen LogP) is 2.05. The Labute approximate surface area is 106 Å². The van der Waals surface area contributed by atoms with Crippen LogP contribution in [-0.4, -0.2) is 24.7 Å². The van der Waals surface area contributed by atoms with E-state index in [0.29, 0.717) is 18.3 Å². The van der Waals surface area contributed by atoms with Crippen molar-refractivity contribution < 1.29 is 13.9 Å². The van der Waals surface area contributed by atoms with Crippen molar-refractivity contribution in [2.75, 3.05) is 6.54 Å². The number of urea groups is 1. The summed E-state index contributed by atoms with van der Waals surface area (Å²) in [6.07, 6.45) is 1.91. The average Bonchev–Trinajstić information content (AvgIpc) is 3.10. The van der Waals surface area contributed by atoms with E-state index in [4.69, 9.17) is 4.74 Å². The maximum absolute atomic E-state index is 12.9. The first-order chi connectivity index (χ1) is 8.63. The lowest BCUT2D eigenvalue weighted by molar-refractivity contribution is 0.207. The van der Waals surface area contributed by atoms with E-state index in [2.05, 4.69) is 10.6 Å². The molecule has 0 radical (unpaired) electrons. The van der Waals surface area contributed by atoms with Gasteiger partial charge in [-0.3, -0.25) is 0 Å². The van der Waals surface area contributed by atoms with E-state index in [1.54, 1.807) is 12.1 Å². The fraction of sp³-hybridized carbons (Fsp3) is 0.462. The van der Waals surface area contributed by atoms with Crippen molar-refractivity contribution in [3.05, 3.63) is 30.1 Å². The van der Waals surface area contributed by atoms with Crippen molar-refractivity contribution in [1.29, 1.82) is 0 Å². The normalized spacial score (nSPS) is 15.9. The highest BCUT2D eigenvalue weighted by molar-refractivity contribution is 5.74. The molecule has 1 aliphatic rings. The lowest BCUT2D eigenvalue weighted by Gasteiger charge is -2.15. The molecule has 2 amide bonds. The highest BCUT2D eigenvalue weighted by Crippen LogP contribution is 2.18. The van der Waals surface area contributed by atoms with Crippen LogP contribution in [0, 0.1) is 5.82 Å². The molecule has 1 aromatic rings. The lowest BCUT2D eigenvalue weighted by atomic mass is 10.3. The molecule has 5 heteroatoms. The van der Waals surface area contributed by atoms with Gasteiger partial charge >= 0.3 is 6.03 Å². The third kappa shape index (κ3) is 4.24. The zero-order chi connectivity index (χ0) is 13.0. The summed E-state index contributed by atoms with van der Waals surface area (Å²) in [6, 6.07) is 6.12. The van der Waals surface area contributed by atoms with Crippen LogP contribution in [0.25, 0.3) is 0 Å². The zero-order valence-electron chi connectivity index (χ0n) is 10.3. The highest BCUT2D eigenvalue weighted by Gasteiger charge is 2.23. The van der Waals surface area contributed by atoms with Crippen LogP contribution in [0.5, 0.6) is 5.75 Å². The summed E-state index contributed by atoms with van der Waals surface area (Å²) in [5, 5.41) is 5.54. The molecular formula is C13H17FN2O2. The largest absolute Gasteiger partial charge is 0.489 e. The predicted molar refractivity (Wildman–Crippen MR) is 66.0 cm³/mol. The monoisotopic (exact) mass is 252 g/mol. The first-order valence-corrected chi connectivity index (χ1v) is 6.10. The van der Waals surface area contributed by atoms with Gasteiger partial charge < -0.3 is 15.4 Å². The van der Waals surface area contributed by atoms with Gasteiger partial charge in [-0.2, -0.15) is 0 Å². The van der Waals surface area contributed by atoms with E-state index in [0.717, 1.165) is 12.8 Å². The molecule has 0 heterocycles.